The zero-order valence-electron chi connectivity index (χ0n) is 16.5. The molecule has 0 unspecified atom stereocenters. The zero-order chi connectivity index (χ0) is 20.7. The first-order valence-corrected chi connectivity index (χ1v) is 12.1. The summed E-state index contributed by atoms with van der Waals surface area (Å²) in [5.74, 6) is -0.141. The van der Waals surface area contributed by atoms with Crippen LogP contribution in [0.3, 0.4) is 0 Å². The van der Waals surface area contributed by atoms with E-state index in [2.05, 4.69) is 10.9 Å². The summed E-state index contributed by atoms with van der Waals surface area (Å²) in [6, 6.07) is 11.2. The maximum absolute atomic E-state index is 12.9. The van der Waals surface area contributed by atoms with E-state index in [-0.39, 0.29) is 17.7 Å². The number of nitrogens with one attached hydrogen (secondary N) is 2. The Hall–Kier alpha value is -2.32. The van der Waals surface area contributed by atoms with Gasteiger partial charge in [0, 0.05) is 17.1 Å². The molecule has 0 radical (unpaired) electrons. The molecule has 3 heterocycles. The van der Waals surface area contributed by atoms with Crippen molar-refractivity contribution in [2.24, 2.45) is 0 Å². The number of aryl methyl sites for hydroxylation is 2. The third-order valence-corrected chi connectivity index (χ3v) is 9.01. The number of nitrogens with zero attached hydrogens (tertiary/aromatic N) is 1. The second-order valence-electron chi connectivity index (χ2n) is 7.95. The summed E-state index contributed by atoms with van der Waals surface area (Å²) in [4.78, 5) is 41.3. The molecule has 1 aromatic heterocycles. The fraction of sp³-hybridized carbons (Fsp3) is 0.409. The summed E-state index contributed by atoms with van der Waals surface area (Å²) < 4.78 is 0. The summed E-state index contributed by atoms with van der Waals surface area (Å²) in [5.41, 5.74) is 7.42. The number of hydrazine groups is 1. The van der Waals surface area contributed by atoms with Gasteiger partial charge in [-0.1, -0.05) is 30.3 Å². The van der Waals surface area contributed by atoms with Crippen LogP contribution in [0.2, 0.25) is 0 Å². The van der Waals surface area contributed by atoms with Crippen LogP contribution in [0.25, 0.3) is 0 Å². The van der Waals surface area contributed by atoms with Crippen LogP contribution in [-0.2, 0) is 27.3 Å². The molecule has 156 valence electrons. The Balaban J connectivity index is 1.28. The fourth-order valence-corrected chi connectivity index (χ4v) is 7.50. The van der Waals surface area contributed by atoms with Gasteiger partial charge in [-0.05, 0) is 49.3 Å². The van der Waals surface area contributed by atoms with Crippen molar-refractivity contribution in [3.63, 3.8) is 0 Å². The van der Waals surface area contributed by atoms with Crippen molar-refractivity contribution in [1.82, 2.24) is 15.8 Å². The van der Waals surface area contributed by atoms with Gasteiger partial charge in [0.15, 0.2) is 0 Å². The second-order valence-corrected chi connectivity index (χ2v) is 10.4. The average molecular weight is 442 g/mol. The van der Waals surface area contributed by atoms with Gasteiger partial charge < -0.3 is 4.90 Å². The SMILES string of the molecule is O=C(NNC(=O)[C@@H]1CS[C@]2(c3ccccc3)CCC(=O)N12)c1cc2c(s1)CCCC2. The van der Waals surface area contributed by atoms with E-state index in [1.807, 2.05) is 36.4 Å². The van der Waals surface area contributed by atoms with Gasteiger partial charge in [-0.3, -0.25) is 25.2 Å². The summed E-state index contributed by atoms with van der Waals surface area (Å²) in [7, 11) is 0. The van der Waals surface area contributed by atoms with Crippen molar-refractivity contribution in [3.05, 3.63) is 57.3 Å². The molecule has 2 saturated heterocycles. The lowest BCUT2D eigenvalue weighted by molar-refractivity contribution is -0.138. The summed E-state index contributed by atoms with van der Waals surface area (Å²) >= 11 is 3.14. The Kier molecular flexibility index (Phi) is 5.06. The van der Waals surface area contributed by atoms with Crippen molar-refractivity contribution in [3.8, 4) is 0 Å². The van der Waals surface area contributed by atoms with Crippen molar-refractivity contribution in [2.75, 3.05) is 5.75 Å². The van der Waals surface area contributed by atoms with Gasteiger partial charge in [0.1, 0.15) is 10.9 Å². The van der Waals surface area contributed by atoms with Gasteiger partial charge in [0.25, 0.3) is 11.8 Å². The van der Waals surface area contributed by atoms with E-state index < -0.39 is 10.9 Å². The first kappa shape index (κ1) is 19.6. The van der Waals surface area contributed by atoms with Gasteiger partial charge >= 0.3 is 0 Å². The highest BCUT2D eigenvalue weighted by atomic mass is 32.2. The fourth-order valence-electron chi connectivity index (χ4n) is 4.70. The quantitative estimate of drug-likeness (QED) is 0.718. The monoisotopic (exact) mass is 441 g/mol. The van der Waals surface area contributed by atoms with Crippen molar-refractivity contribution in [1.29, 1.82) is 0 Å². The molecular weight excluding hydrogens is 418 g/mol. The Morgan fingerprint density at radius 3 is 2.67 bits per heavy atom. The smallest absolute Gasteiger partial charge is 0.279 e. The molecule has 2 N–H and O–H groups in total. The normalized spacial score (nSPS) is 25.0. The van der Waals surface area contributed by atoms with Crippen LogP contribution in [-0.4, -0.2) is 34.4 Å². The number of amides is 3. The minimum absolute atomic E-state index is 0.0127. The summed E-state index contributed by atoms with van der Waals surface area (Å²) in [6.07, 6.45) is 5.49. The van der Waals surface area contributed by atoms with Crippen molar-refractivity contribution >= 4 is 40.8 Å². The van der Waals surface area contributed by atoms with E-state index in [0.29, 0.717) is 23.5 Å². The highest BCUT2D eigenvalue weighted by Gasteiger charge is 2.56. The van der Waals surface area contributed by atoms with Crippen molar-refractivity contribution < 1.29 is 14.4 Å². The third kappa shape index (κ3) is 3.22. The standard InChI is InChI=1S/C22H23N3O3S2/c26-19-10-11-22(15-7-2-1-3-8-15)25(19)16(13-29-22)20(27)23-24-21(28)18-12-14-6-4-5-9-17(14)30-18/h1-3,7-8,12,16H,4-6,9-11,13H2,(H,23,27)(H,24,28)/t16-,22-/m0/s1. The second kappa shape index (κ2) is 7.74. The molecule has 2 aliphatic heterocycles. The van der Waals surface area contributed by atoms with Crippen LogP contribution in [0.5, 0.6) is 0 Å². The molecule has 0 spiro atoms. The topological polar surface area (TPSA) is 78.5 Å². The maximum Gasteiger partial charge on any atom is 0.279 e. The minimum atomic E-state index is -0.595. The molecule has 3 amide bonds. The van der Waals surface area contributed by atoms with Gasteiger partial charge in [0.05, 0.1) is 4.88 Å². The molecule has 0 saturated carbocycles. The number of thiophene rings is 1. The lowest BCUT2D eigenvalue weighted by Gasteiger charge is -2.33. The number of hydrogen-bond donors (Lipinski definition) is 2. The third-order valence-electron chi connectivity index (χ3n) is 6.17. The molecule has 8 heteroatoms. The largest absolute Gasteiger partial charge is 0.311 e. The Morgan fingerprint density at radius 1 is 1.07 bits per heavy atom. The highest BCUT2D eigenvalue weighted by molar-refractivity contribution is 8.00. The number of benzene rings is 1. The van der Waals surface area contributed by atoms with Crippen LogP contribution in [0.1, 0.15) is 51.4 Å². The molecule has 3 aliphatic rings. The molecule has 1 aromatic carbocycles. The summed E-state index contributed by atoms with van der Waals surface area (Å²) in [5, 5.41) is 0. The lowest BCUT2D eigenvalue weighted by Crippen LogP contribution is -2.54. The maximum atomic E-state index is 12.9. The lowest BCUT2D eigenvalue weighted by atomic mass is 9.99. The molecule has 2 aromatic rings. The Labute approximate surface area is 183 Å². The van der Waals surface area contributed by atoms with Crippen LogP contribution in [0.15, 0.2) is 36.4 Å². The highest BCUT2D eigenvalue weighted by Crippen LogP contribution is 2.54. The van der Waals surface area contributed by atoms with E-state index in [9.17, 15) is 14.4 Å². The van der Waals surface area contributed by atoms with Gasteiger partial charge in [0.2, 0.25) is 5.91 Å². The van der Waals surface area contributed by atoms with E-state index >= 15 is 0 Å². The van der Waals surface area contributed by atoms with Crippen LogP contribution >= 0.6 is 23.1 Å². The van der Waals surface area contributed by atoms with Gasteiger partial charge in [-0.2, -0.15) is 0 Å². The number of fused-ring (bicyclic) bond motifs is 2. The van der Waals surface area contributed by atoms with Crippen LogP contribution in [0, 0.1) is 0 Å². The first-order valence-electron chi connectivity index (χ1n) is 10.3. The molecule has 6 nitrogen and oxygen atoms in total. The minimum Gasteiger partial charge on any atom is -0.311 e. The number of thioether (sulfide) groups is 1. The van der Waals surface area contributed by atoms with E-state index in [0.717, 1.165) is 31.2 Å². The molecule has 2 atom stereocenters. The number of carbonyl (C=O) groups is 3. The molecule has 30 heavy (non-hydrogen) atoms. The van der Waals surface area contributed by atoms with Gasteiger partial charge in [-0.25, -0.2) is 0 Å². The van der Waals surface area contributed by atoms with Gasteiger partial charge in [-0.15, -0.1) is 23.1 Å². The van der Waals surface area contributed by atoms with Crippen LogP contribution < -0.4 is 10.9 Å². The predicted octanol–water partition coefficient (Wildman–Crippen LogP) is 2.98. The number of rotatable bonds is 3. The first-order chi connectivity index (χ1) is 14.6. The molecule has 0 bridgehead atoms. The van der Waals surface area contributed by atoms with E-state index in [1.165, 1.54) is 21.8 Å². The number of carbonyl (C=O) groups excluding carboxylic acids is 3. The van der Waals surface area contributed by atoms with E-state index in [1.54, 1.807) is 16.7 Å². The average Bonchev–Trinajstić information content (AvgIpc) is 3.46. The molecule has 2 fully saturated rings. The summed E-state index contributed by atoms with van der Waals surface area (Å²) in [6.45, 7) is 0. The zero-order valence-corrected chi connectivity index (χ0v) is 18.1. The predicted molar refractivity (Wildman–Crippen MR) is 117 cm³/mol. The molecular formula is C22H23N3O3S2. The molecule has 5 rings (SSSR count). The van der Waals surface area contributed by atoms with Crippen LogP contribution in [0.4, 0.5) is 0 Å². The number of hydrogen-bond acceptors (Lipinski definition) is 5. The Morgan fingerprint density at radius 2 is 1.87 bits per heavy atom. The van der Waals surface area contributed by atoms with E-state index in [4.69, 9.17) is 0 Å². The Bertz CT molecular complexity index is 983. The molecule has 1 aliphatic carbocycles. The van der Waals surface area contributed by atoms with Crippen molar-refractivity contribution in [2.45, 2.75) is 49.4 Å².